The van der Waals surface area contributed by atoms with Gasteiger partial charge in [-0.3, -0.25) is 4.79 Å². The summed E-state index contributed by atoms with van der Waals surface area (Å²) in [5.41, 5.74) is 0.343. The molecule has 0 radical (unpaired) electrons. The molecule has 1 amide bonds. The summed E-state index contributed by atoms with van der Waals surface area (Å²) in [6.45, 7) is 1.19. The third-order valence-corrected chi connectivity index (χ3v) is 4.61. The van der Waals surface area contributed by atoms with Crippen LogP contribution in [0, 0.1) is 12.7 Å². The van der Waals surface area contributed by atoms with Gasteiger partial charge in [-0.25, -0.2) is 4.39 Å². The van der Waals surface area contributed by atoms with Crippen molar-refractivity contribution in [2.45, 2.75) is 18.6 Å². The number of amides is 1. The average molecular weight is 310 g/mol. The normalized spacial score (nSPS) is 20.1. The standard InChI is InChI=1S/C11H10ClF2NO3S/c1-6-2-3-8(13)11(10(6)12)15-5-7(4-9(15)16)19(14,17)18/h2-3,7H,4-5H2,1H3. The second kappa shape index (κ2) is 4.72. The van der Waals surface area contributed by atoms with Gasteiger partial charge in [-0.15, -0.1) is 3.89 Å². The van der Waals surface area contributed by atoms with Gasteiger partial charge in [-0.05, 0) is 18.6 Å². The molecule has 1 aromatic carbocycles. The van der Waals surface area contributed by atoms with Gasteiger partial charge in [0.25, 0.3) is 0 Å². The minimum Gasteiger partial charge on any atom is -0.307 e. The number of halogens is 3. The zero-order valence-electron chi connectivity index (χ0n) is 9.86. The van der Waals surface area contributed by atoms with Crippen molar-refractivity contribution in [3.05, 3.63) is 28.5 Å². The Morgan fingerprint density at radius 3 is 2.58 bits per heavy atom. The van der Waals surface area contributed by atoms with E-state index < -0.39 is 40.2 Å². The van der Waals surface area contributed by atoms with Crippen LogP contribution >= 0.6 is 11.6 Å². The first-order valence-corrected chi connectivity index (χ1v) is 7.22. The van der Waals surface area contributed by atoms with Crippen LogP contribution in [-0.4, -0.2) is 26.1 Å². The molecule has 104 valence electrons. The fourth-order valence-corrected chi connectivity index (χ4v) is 2.89. The summed E-state index contributed by atoms with van der Waals surface area (Å²) < 4.78 is 48.3. The zero-order valence-corrected chi connectivity index (χ0v) is 11.4. The van der Waals surface area contributed by atoms with Crippen molar-refractivity contribution in [1.29, 1.82) is 0 Å². The number of hydrogen-bond donors (Lipinski definition) is 0. The molecule has 1 aliphatic rings. The van der Waals surface area contributed by atoms with Crippen LogP contribution in [0.3, 0.4) is 0 Å². The van der Waals surface area contributed by atoms with Crippen molar-refractivity contribution in [1.82, 2.24) is 0 Å². The fourth-order valence-electron chi connectivity index (χ4n) is 1.97. The van der Waals surface area contributed by atoms with Gasteiger partial charge in [-0.1, -0.05) is 17.7 Å². The van der Waals surface area contributed by atoms with E-state index in [2.05, 4.69) is 0 Å². The smallest absolute Gasteiger partial charge is 0.307 e. The van der Waals surface area contributed by atoms with E-state index >= 15 is 0 Å². The van der Waals surface area contributed by atoms with Crippen molar-refractivity contribution in [3.8, 4) is 0 Å². The molecule has 19 heavy (non-hydrogen) atoms. The van der Waals surface area contributed by atoms with E-state index in [0.717, 1.165) is 11.0 Å². The van der Waals surface area contributed by atoms with Crippen LogP contribution in [0.15, 0.2) is 12.1 Å². The third kappa shape index (κ3) is 2.57. The molecule has 1 saturated heterocycles. The Morgan fingerprint density at radius 1 is 1.42 bits per heavy atom. The topological polar surface area (TPSA) is 54.5 Å². The summed E-state index contributed by atoms with van der Waals surface area (Å²) in [7, 11) is -4.84. The molecule has 0 N–H and O–H groups in total. The van der Waals surface area contributed by atoms with Crippen LogP contribution in [0.1, 0.15) is 12.0 Å². The SMILES string of the molecule is Cc1ccc(F)c(N2CC(S(=O)(=O)F)CC2=O)c1Cl. The van der Waals surface area contributed by atoms with Crippen LogP contribution in [0.25, 0.3) is 0 Å². The van der Waals surface area contributed by atoms with Gasteiger partial charge in [-0.2, -0.15) is 8.42 Å². The molecule has 0 saturated carbocycles. The lowest BCUT2D eigenvalue weighted by Gasteiger charge is -2.19. The van der Waals surface area contributed by atoms with Crippen LogP contribution < -0.4 is 4.90 Å². The number of rotatable bonds is 2. The summed E-state index contributed by atoms with van der Waals surface area (Å²) in [6, 6.07) is 2.56. The van der Waals surface area contributed by atoms with E-state index in [4.69, 9.17) is 11.6 Å². The van der Waals surface area contributed by atoms with Gasteiger partial charge in [0.15, 0.2) is 0 Å². The first-order chi connectivity index (χ1) is 8.71. The molecule has 1 aliphatic heterocycles. The van der Waals surface area contributed by atoms with Crippen LogP contribution in [-0.2, 0) is 15.0 Å². The van der Waals surface area contributed by atoms with E-state index in [1.165, 1.54) is 6.07 Å². The Kier molecular flexibility index (Phi) is 3.53. The molecule has 1 atom stereocenters. The Morgan fingerprint density at radius 2 is 2.05 bits per heavy atom. The molecular formula is C11H10ClF2NO3S. The minimum absolute atomic E-state index is 0.0188. The molecule has 0 bridgehead atoms. The average Bonchev–Trinajstić information content (AvgIpc) is 2.67. The highest BCUT2D eigenvalue weighted by atomic mass is 35.5. The molecule has 0 aromatic heterocycles. The first kappa shape index (κ1) is 14.2. The number of carbonyl (C=O) groups is 1. The van der Waals surface area contributed by atoms with Crippen molar-refractivity contribution in [3.63, 3.8) is 0 Å². The summed E-state index contributed by atoms with van der Waals surface area (Å²) in [5.74, 6) is -1.42. The van der Waals surface area contributed by atoms with Gasteiger partial charge in [0.05, 0.1) is 10.7 Å². The second-order valence-corrected chi connectivity index (χ2v) is 6.33. The Bertz CT molecular complexity index is 648. The number of anilines is 1. The lowest BCUT2D eigenvalue weighted by Crippen LogP contribution is -2.28. The molecule has 0 aliphatic carbocycles. The van der Waals surface area contributed by atoms with Crippen LogP contribution in [0.4, 0.5) is 14.0 Å². The Balaban J connectivity index is 2.45. The van der Waals surface area contributed by atoms with Gasteiger partial charge in [0, 0.05) is 13.0 Å². The molecule has 2 rings (SSSR count). The maximum Gasteiger partial charge on any atom is 0.307 e. The summed E-state index contributed by atoms with van der Waals surface area (Å²) in [4.78, 5) is 12.6. The summed E-state index contributed by atoms with van der Waals surface area (Å²) >= 11 is 5.93. The lowest BCUT2D eigenvalue weighted by atomic mass is 10.2. The molecule has 1 heterocycles. The van der Waals surface area contributed by atoms with Gasteiger partial charge in [0.2, 0.25) is 5.91 Å². The molecule has 8 heteroatoms. The largest absolute Gasteiger partial charge is 0.307 e. The first-order valence-electron chi connectivity index (χ1n) is 5.40. The Hall–Kier alpha value is -1.21. The van der Waals surface area contributed by atoms with E-state index in [9.17, 15) is 21.5 Å². The molecule has 0 spiro atoms. The number of benzene rings is 1. The second-order valence-electron chi connectivity index (χ2n) is 4.33. The number of aryl methyl sites for hydroxylation is 1. The van der Waals surface area contributed by atoms with Crippen LogP contribution in [0.2, 0.25) is 5.02 Å². The highest BCUT2D eigenvalue weighted by molar-refractivity contribution is 7.87. The summed E-state index contributed by atoms with van der Waals surface area (Å²) in [6.07, 6.45) is -0.511. The monoisotopic (exact) mass is 309 g/mol. The maximum atomic E-state index is 13.8. The molecular weight excluding hydrogens is 300 g/mol. The molecule has 4 nitrogen and oxygen atoms in total. The van der Waals surface area contributed by atoms with Crippen molar-refractivity contribution in [2.24, 2.45) is 0 Å². The predicted molar refractivity (Wildman–Crippen MR) is 66.9 cm³/mol. The van der Waals surface area contributed by atoms with E-state index in [0.29, 0.717) is 5.56 Å². The highest BCUT2D eigenvalue weighted by Gasteiger charge is 2.40. The third-order valence-electron chi connectivity index (χ3n) is 3.02. The number of carbonyl (C=O) groups excluding carboxylic acids is 1. The van der Waals surface area contributed by atoms with Gasteiger partial charge in [0.1, 0.15) is 11.1 Å². The maximum absolute atomic E-state index is 13.8. The van der Waals surface area contributed by atoms with E-state index in [1.807, 2.05) is 0 Å². The van der Waals surface area contributed by atoms with Gasteiger partial charge < -0.3 is 4.90 Å². The number of nitrogens with zero attached hydrogens (tertiary/aromatic N) is 1. The predicted octanol–water partition coefficient (Wildman–Crippen LogP) is 2.19. The number of hydrogen-bond acceptors (Lipinski definition) is 3. The molecule has 1 fully saturated rings. The zero-order chi connectivity index (χ0) is 14.4. The van der Waals surface area contributed by atoms with E-state index in [-0.39, 0.29) is 10.7 Å². The molecule has 1 aromatic rings. The van der Waals surface area contributed by atoms with Crippen LogP contribution in [0.5, 0.6) is 0 Å². The van der Waals surface area contributed by atoms with E-state index in [1.54, 1.807) is 6.92 Å². The highest BCUT2D eigenvalue weighted by Crippen LogP contribution is 2.35. The van der Waals surface area contributed by atoms with Crippen molar-refractivity contribution >= 4 is 33.4 Å². The lowest BCUT2D eigenvalue weighted by molar-refractivity contribution is -0.117. The fraction of sp³-hybridized carbons (Fsp3) is 0.364. The van der Waals surface area contributed by atoms with Crippen molar-refractivity contribution < 1.29 is 21.5 Å². The molecule has 1 unspecified atom stereocenters. The van der Waals surface area contributed by atoms with Crippen molar-refractivity contribution in [2.75, 3.05) is 11.4 Å². The van der Waals surface area contributed by atoms with Gasteiger partial charge >= 0.3 is 10.2 Å². The Labute approximate surface area is 114 Å². The minimum atomic E-state index is -4.84. The quantitative estimate of drug-likeness (QED) is 0.787. The summed E-state index contributed by atoms with van der Waals surface area (Å²) in [5, 5.41) is -1.46.